The van der Waals surface area contributed by atoms with Gasteiger partial charge >= 0.3 is 0 Å². The molecule has 0 unspecified atom stereocenters. The molecule has 128 valence electrons. The molecule has 0 aliphatic carbocycles. The van der Waals surface area contributed by atoms with E-state index in [9.17, 15) is 10.1 Å². The van der Waals surface area contributed by atoms with Crippen molar-refractivity contribution in [3.05, 3.63) is 51.2 Å². The Labute approximate surface area is 151 Å². The Morgan fingerprint density at radius 1 is 1.08 bits per heavy atom. The highest BCUT2D eigenvalue weighted by atomic mass is 79.9. The highest BCUT2D eigenvalue weighted by Crippen LogP contribution is 2.32. The van der Waals surface area contributed by atoms with Crippen molar-refractivity contribution in [1.82, 2.24) is 19.8 Å². The summed E-state index contributed by atoms with van der Waals surface area (Å²) in [5.74, 6) is 0.845. The van der Waals surface area contributed by atoms with E-state index in [0.717, 1.165) is 18.9 Å². The average molecular weight is 404 g/mol. The van der Waals surface area contributed by atoms with Crippen LogP contribution in [0.3, 0.4) is 0 Å². The van der Waals surface area contributed by atoms with Crippen LogP contribution < -0.4 is 9.80 Å². The number of benzene rings is 1. The van der Waals surface area contributed by atoms with Crippen LogP contribution in [0, 0.1) is 10.1 Å². The van der Waals surface area contributed by atoms with E-state index in [-0.39, 0.29) is 10.6 Å². The molecule has 3 heterocycles. The standard InChI is InChI=1S/C15H14BrN7O2/c16-11-1-2-12(13(9-11)23(24)25)20-5-7-21(8-6-20)15-4-3-14-18-17-10-22(14)19-15/h1-4,9-10H,5-8H2. The number of hydrogen-bond acceptors (Lipinski definition) is 7. The fourth-order valence-corrected chi connectivity index (χ4v) is 3.32. The lowest BCUT2D eigenvalue weighted by Gasteiger charge is -2.36. The van der Waals surface area contributed by atoms with Gasteiger partial charge < -0.3 is 9.80 Å². The molecule has 0 saturated carbocycles. The largest absolute Gasteiger partial charge is 0.362 e. The first-order valence-corrected chi connectivity index (χ1v) is 8.52. The summed E-state index contributed by atoms with van der Waals surface area (Å²) < 4.78 is 2.34. The zero-order chi connectivity index (χ0) is 17.4. The van der Waals surface area contributed by atoms with Gasteiger partial charge in [0.1, 0.15) is 17.8 Å². The van der Waals surface area contributed by atoms with Crippen molar-refractivity contribution in [3.63, 3.8) is 0 Å². The first-order valence-electron chi connectivity index (χ1n) is 7.73. The van der Waals surface area contributed by atoms with Gasteiger partial charge in [0.2, 0.25) is 0 Å². The summed E-state index contributed by atoms with van der Waals surface area (Å²) in [6.07, 6.45) is 1.57. The van der Waals surface area contributed by atoms with Crippen LogP contribution in [0.1, 0.15) is 0 Å². The monoisotopic (exact) mass is 403 g/mol. The molecular formula is C15H14BrN7O2. The molecule has 25 heavy (non-hydrogen) atoms. The second-order valence-electron chi connectivity index (χ2n) is 5.69. The number of fused-ring (bicyclic) bond motifs is 1. The van der Waals surface area contributed by atoms with Gasteiger partial charge in [-0.2, -0.15) is 4.52 Å². The summed E-state index contributed by atoms with van der Waals surface area (Å²) in [7, 11) is 0. The molecule has 9 nitrogen and oxygen atoms in total. The molecule has 1 aliphatic heterocycles. The maximum absolute atomic E-state index is 11.3. The SMILES string of the molecule is O=[N+]([O-])c1cc(Br)ccc1N1CCN(c2ccc3nncn3n2)CC1. The van der Waals surface area contributed by atoms with E-state index in [1.165, 1.54) is 0 Å². The normalized spacial score (nSPS) is 14.9. The number of anilines is 2. The van der Waals surface area contributed by atoms with Gasteiger partial charge in [0.25, 0.3) is 5.69 Å². The molecule has 0 radical (unpaired) electrons. The lowest BCUT2D eigenvalue weighted by atomic mass is 10.2. The number of piperazine rings is 1. The number of hydrogen-bond donors (Lipinski definition) is 0. The lowest BCUT2D eigenvalue weighted by molar-refractivity contribution is -0.384. The van der Waals surface area contributed by atoms with E-state index in [0.29, 0.717) is 28.9 Å². The number of nitro groups is 1. The zero-order valence-corrected chi connectivity index (χ0v) is 14.7. The average Bonchev–Trinajstić information content (AvgIpc) is 3.09. The number of rotatable bonds is 3. The summed E-state index contributed by atoms with van der Waals surface area (Å²) >= 11 is 3.29. The quantitative estimate of drug-likeness (QED) is 0.488. The number of halogens is 1. The molecule has 1 fully saturated rings. The fraction of sp³-hybridized carbons (Fsp3) is 0.267. The maximum Gasteiger partial charge on any atom is 0.293 e. The van der Waals surface area contributed by atoms with Crippen LogP contribution in [0.2, 0.25) is 0 Å². The van der Waals surface area contributed by atoms with Crippen LogP contribution in [0.4, 0.5) is 17.2 Å². The summed E-state index contributed by atoms with van der Waals surface area (Å²) in [6, 6.07) is 8.96. The van der Waals surface area contributed by atoms with Crippen LogP contribution >= 0.6 is 15.9 Å². The number of nitro benzene ring substituents is 1. The van der Waals surface area contributed by atoms with Gasteiger partial charge in [-0.15, -0.1) is 15.3 Å². The summed E-state index contributed by atoms with van der Waals surface area (Å²) in [4.78, 5) is 15.2. The second-order valence-corrected chi connectivity index (χ2v) is 6.61. The lowest BCUT2D eigenvalue weighted by Crippen LogP contribution is -2.47. The van der Waals surface area contributed by atoms with Gasteiger partial charge in [0.05, 0.1) is 4.92 Å². The molecule has 0 N–H and O–H groups in total. The molecule has 1 aliphatic rings. The van der Waals surface area contributed by atoms with E-state index in [4.69, 9.17) is 0 Å². The second kappa shape index (κ2) is 6.28. The Balaban J connectivity index is 1.52. The van der Waals surface area contributed by atoms with Crippen molar-refractivity contribution >= 4 is 38.8 Å². The van der Waals surface area contributed by atoms with Crippen molar-refractivity contribution in [2.24, 2.45) is 0 Å². The summed E-state index contributed by atoms with van der Waals surface area (Å²) in [5.41, 5.74) is 1.47. The zero-order valence-electron chi connectivity index (χ0n) is 13.1. The molecule has 1 saturated heterocycles. The molecule has 10 heteroatoms. The van der Waals surface area contributed by atoms with Crippen LogP contribution in [0.15, 0.2) is 41.1 Å². The van der Waals surface area contributed by atoms with Gasteiger partial charge in [0, 0.05) is 36.7 Å². The van der Waals surface area contributed by atoms with Crippen LogP contribution in [0.25, 0.3) is 5.65 Å². The summed E-state index contributed by atoms with van der Waals surface area (Å²) in [6.45, 7) is 2.83. The molecule has 1 aromatic carbocycles. The fourth-order valence-electron chi connectivity index (χ4n) is 2.97. The predicted octanol–water partition coefficient (Wildman–Crippen LogP) is 2.12. The predicted molar refractivity (Wildman–Crippen MR) is 96.0 cm³/mol. The van der Waals surface area contributed by atoms with Crippen molar-refractivity contribution < 1.29 is 4.92 Å². The van der Waals surface area contributed by atoms with Gasteiger partial charge in [-0.1, -0.05) is 15.9 Å². The van der Waals surface area contributed by atoms with E-state index in [1.807, 2.05) is 23.1 Å². The molecule has 0 amide bonds. The maximum atomic E-state index is 11.3. The highest BCUT2D eigenvalue weighted by Gasteiger charge is 2.24. The van der Waals surface area contributed by atoms with Crippen LogP contribution in [-0.4, -0.2) is 50.9 Å². The van der Waals surface area contributed by atoms with Crippen molar-refractivity contribution in [1.29, 1.82) is 0 Å². The van der Waals surface area contributed by atoms with E-state index >= 15 is 0 Å². The van der Waals surface area contributed by atoms with E-state index in [2.05, 4.69) is 36.1 Å². The van der Waals surface area contributed by atoms with Gasteiger partial charge in [-0.05, 0) is 24.3 Å². The first-order chi connectivity index (χ1) is 12.1. The highest BCUT2D eigenvalue weighted by molar-refractivity contribution is 9.10. The third-order valence-electron chi connectivity index (χ3n) is 4.23. The molecular weight excluding hydrogens is 390 g/mol. The minimum absolute atomic E-state index is 0.117. The minimum Gasteiger partial charge on any atom is -0.362 e. The van der Waals surface area contributed by atoms with E-state index < -0.39 is 0 Å². The van der Waals surface area contributed by atoms with E-state index in [1.54, 1.807) is 23.0 Å². The minimum atomic E-state index is -0.339. The molecule has 4 rings (SSSR count). The molecule has 0 atom stereocenters. The third kappa shape index (κ3) is 3.00. The van der Waals surface area contributed by atoms with Crippen LogP contribution in [0.5, 0.6) is 0 Å². The topological polar surface area (TPSA) is 92.7 Å². The first kappa shape index (κ1) is 15.8. The Morgan fingerprint density at radius 2 is 1.84 bits per heavy atom. The Morgan fingerprint density at radius 3 is 2.60 bits per heavy atom. The molecule has 3 aromatic rings. The smallest absolute Gasteiger partial charge is 0.293 e. The van der Waals surface area contributed by atoms with Gasteiger partial charge in [-0.25, -0.2) is 0 Å². The van der Waals surface area contributed by atoms with Gasteiger partial charge in [0.15, 0.2) is 5.65 Å². The Hall–Kier alpha value is -2.75. The Kier molecular flexibility index (Phi) is 3.96. The van der Waals surface area contributed by atoms with Crippen molar-refractivity contribution in [3.8, 4) is 0 Å². The van der Waals surface area contributed by atoms with Gasteiger partial charge in [-0.3, -0.25) is 10.1 Å². The molecule has 0 bridgehead atoms. The number of nitrogens with zero attached hydrogens (tertiary/aromatic N) is 7. The van der Waals surface area contributed by atoms with Crippen LogP contribution in [-0.2, 0) is 0 Å². The Bertz CT molecular complexity index is 937. The molecule has 2 aromatic heterocycles. The van der Waals surface area contributed by atoms with Crippen molar-refractivity contribution in [2.45, 2.75) is 0 Å². The molecule has 0 spiro atoms. The number of aromatic nitrogens is 4. The third-order valence-corrected chi connectivity index (χ3v) is 4.72. The summed E-state index contributed by atoms with van der Waals surface area (Å²) in [5, 5.41) is 23.6. The van der Waals surface area contributed by atoms with Crippen molar-refractivity contribution in [2.75, 3.05) is 36.0 Å².